The van der Waals surface area contributed by atoms with Gasteiger partial charge in [0.2, 0.25) is 10.0 Å². The molecule has 2 rings (SSSR count). The molecule has 0 aromatic heterocycles. The molecule has 152 valence electrons. The van der Waals surface area contributed by atoms with E-state index < -0.39 is 10.0 Å². The summed E-state index contributed by atoms with van der Waals surface area (Å²) in [5.41, 5.74) is 1.23. The molecule has 6 nitrogen and oxygen atoms in total. The van der Waals surface area contributed by atoms with Crippen molar-refractivity contribution in [3.63, 3.8) is 0 Å². The van der Waals surface area contributed by atoms with Crippen molar-refractivity contribution < 1.29 is 17.9 Å². The van der Waals surface area contributed by atoms with E-state index in [1.165, 1.54) is 23.5 Å². The number of nitrogens with zero attached hydrogens (tertiary/aromatic N) is 1. The number of nitrogens with one attached hydrogen (secondary N) is 1. The second-order valence-electron chi connectivity index (χ2n) is 6.84. The minimum atomic E-state index is -3.65. The maximum absolute atomic E-state index is 12.7. The summed E-state index contributed by atoms with van der Waals surface area (Å²) in [5, 5.41) is 2.91. The van der Waals surface area contributed by atoms with E-state index in [0.717, 1.165) is 11.3 Å². The summed E-state index contributed by atoms with van der Waals surface area (Å²) in [6.07, 6.45) is 0. The molecule has 0 heterocycles. The van der Waals surface area contributed by atoms with Gasteiger partial charge in [-0.25, -0.2) is 8.42 Å². The first-order valence-corrected chi connectivity index (χ1v) is 10.7. The maximum atomic E-state index is 12.7. The minimum absolute atomic E-state index is 0.102. The molecule has 0 radical (unpaired) electrons. The molecule has 0 fully saturated rings. The van der Waals surface area contributed by atoms with E-state index in [1.54, 1.807) is 26.0 Å². The van der Waals surface area contributed by atoms with Gasteiger partial charge in [0, 0.05) is 18.7 Å². The van der Waals surface area contributed by atoms with Crippen LogP contribution >= 0.6 is 0 Å². The van der Waals surface area contributed by atoms with Gasteiger partial charge >= 0.3 is 0 Å². The molecule has 0 bridgehead atoms. The molecule has 0 aliphatic rings. The van der Waals surface area contributed by atoms with E-state index in [2.05, 4.69) is 5.32 Å². The summed E-state index contributed by atoms with van der Waals surface area (Å²) in [4.78, 5) is 12.7. The predicted octanol–water partition coefficient (Wildman–Crippen LogP) is 3.61. The van der Waals surface area contributed by atoms with Crippen molar-refractivity contribution in [3.05, 3.63) is 59.7 Å². The highest BCUT2D eigenvalue weighted by atomic mass is 32.2. The minimum Gasteiger partial charge on any atom is -0.494 e. The molecule has 0 aliphatic carbocycles. The Balaban J connectivity index is 2.16. The fraction of sp³-hybridized carbons (Fsp3) is 0.381. The van der Waals surface area contributed by atoms with Gasteiger partial charge in [0.25, 0.3) is 5.91 Å². The number of carbonyl (C=O) groups is 1. The standard InChI is InChI=1S/C21H28N2O4S/c1-6-27-19-12-10-17(11-13-19)16(4)22-21(24)18-8-7-9-20(14-18)28(25,26)23(5)15(2)3/h7-16H,6H2,1-5H3,(H,22,24)/t16-/m1/s1. The molecular weight excluding hydrogens is 376 g/mol. The van der Waals surface area contributed by atoms with Crippen LogP contribution in [0, 0.1) is 0 Å². The second kappa shape index (κ2) is 9.21. The quantitative estimate of drug-likeness (QED) is 0.729. The van der Waals surface area contributed by atoms with Crippen LogP contribution in [-0.4, -0.2) is 38.3 Å². The summed E-state index contributed by atoms with van der Waals surface area (Å²) < 4.78 is 32.0. The second-order valence-corrected chi connectivity index (χ2v) is 8.84. The monoisotopic (exact) mass is 404 g/mol. The Labute approximate surface area is 167 Å². The first-order valence-electron chi connectivity index (χ1n) is 9.28. The molecule has 0 saturated carbocycles. The van der Waals surface area contributed by atoms with E-state index in [0.29, 0.717) is 12.2 Å². The molecule has 1 amide bonds. The van der Waals surface area contributed by atoms with Gasteiger partial charge in [-0.3, -0.25) is 4.79 Å². The molecule has 7 heteroatoms. The number of hydrogen-bond acceptors (Lipinski definition) is 4. The summed E-state index contributed by atoms with van der Waals surface area (Å²) in [5.74, 6) is 0.447. The molecule has 2 aromatic carbocycles. The third kappa shape index (κ3) is 5.11. The lowest BCUT2D eigenvalue weighted by Crippen LogP contribution is -2.33. The topological polar surface area (TPSA) is 75.7 Å². The zero-order valence-corrected chi connectivity index (χ0v) is 17.8. The van der Waals surface area contributed by atoms with Gasteiger partial charge in [-0.05, 0) is 63.6 Å². The van der Waals surface area contributed by atoms with Gasteiger partial charge in [-0.2, -0.15) is 4.31 Å². The molecule has 0 aliphatic heterocycles. The largest absolute Gasteiger partial charge is 0.494 e. The van der Waals surface area contributed by atoms with Crippen molar-refractivity contribution in [2.24, 2.45) is 0 Å². The van der Waals surface area contributed by atoms with E-state index in [-0.39, 0.29) is 22.9 Å². The van der Waals surface area contributed by atoms with Crippen LogP contribution in [0.5, 0.6) is 5.75 Å². The van der Waals surface area contributed by atoms with E-state index in [1.807, 2.05) is 38.1 Å². The van der Waals surface area contributed by atoms with Gasteiger partial charge in [-0.15, -0.1) is 0 Å². The molecule has 1 atom stereocenters. The van der Waals surface area contributed by atoms with Crippen LogP contribution in [0.4, 0.5) is 0 Å². The van der Waals surface area contributed by atoms with Gasteiger partial charge in [0.1, 0.15) is 5.75 Å². The van der Waals surface area contributed by atoms with Gasteiger partial charge in [0.15, 0.2) is 0 Å². The molecule has 28 heavy (non-hydrogen) atoms. The van der Waals surface area contributed by atoms with E-state index in [4.69, 9.17) is 4.74 Å². The smallest absolute Gasteiger partial charge is 0.251 e. The Bertz CT molecular complexity index is 908. The highest BCUT2D eigenvalue weighted by Crippen LogP contribution is 2.20. The van der Waals surface area contributed by atoms with Crippen LogP contribution in [0.3, 0.4) is 0 Å². The number of amides is 1. The summed E-state index contributed by atoms with van der Waals surface area (Å²) in [6.45, 7) is 7.99. The summed E-state index contributed by atoms with van der Waals surface area (Å²) in [7, 11) is -2.12. The van der Waals surface area contributed by atoms with Gasteiger partial charge < -0.3 is 10.1 Å². The average molecular weight is 405 g/mol. The maximum Gasteiger partial charge on any atom is 0.251 e. The number of sulfonamides is 1. The number of hydrogen-bond donors (Lipinski definition) is 1. The zero-order chi connectivity index (χ0) is 20.9. The van der Waals surface area contributed by atoms with E-state index >= 15 is 0 Å². The third-order valence-electron chi connectivity index (χ3n) is 4.54. The highest BCUT2D eigenvalue weighted by Gasteiger charge is 2.24. The predicted molar refractivity (Wildman–Crippen MR) is 110 cm³/mol. The Hall–Kier alpha value is -2.38. The average Bonchev–Trinajstić information content (AvgIpc) is 2.68. The van der Waals surface area contributed by atoms with Crippen LogP contribution in [0.15, 0.2) is 53.4 Å². The Kier molecular flexibility index (Phi) is 7.21. The fourth-order valence-electron chi connectivity index (χ4n) is 2.62. The van der Waals surface area contributed by atoms with Gasteiger partial charge in [0.05, 0.1) is 17.5 Å². The van der Waals surface area contributed by atoms with Crippen molar-refractivity contribution >= 4 is 15.9 Å². The van der Waals surface area contributed by atoms with Crippen molar-refractivity contribution in [2.75, 3.05) is 13.7 Å². The van der Waals surface area contributed by atoms with Crippen molar-refractivity contribution in [1.29, 1.82) is 0 Å². The van der Waals surface area contributed by atoms with Crippen LogP contribution < -0.4 is 10.1 Å². The van der Waals surface area contributed by atoms with E-state index in [9.17, 15) is 13.2 Å². The molecule has 0 saturated heterocycles. The molecule has 1 N–H and O–H groups in total. The van der Waals surface area contributed by atoms with Crippen LogP contribution in [0.25, 0.3) is 0 Å². The Morgan fingerprint density at radius 3 is 2.32 bits per heavy atom. The highest BCUT2D eigenvalue weighted by molar-refractivity contribution is 7.89. The lowest BCUT2D eigenvalue weighted by atomic mass is 10.1. The molecular formula is C21H28N2O4S. The Morgan fingerprint density at radius 2 is 1.75 bits per heavy atom. The Morgan fingerprint density at radius 1 is 1.11 bits per heavy atom. The zero-order valence-electron chi connectivity index (χ0n) is 17.0. The van der Waals surface area contributed by atoms with Crippen LogP contribution in [0.1, 0.15) is 49.7 Å². The normalized spacial score (nSPS) is 12.8. The summed E-state index contributed by atoms with van der Waals surface area (Å²) >= 11 is 0. The SMILES string of the molecule is CCOc1ccc([C@@H](C)NC(=O)c2cccc(S(=O)(=O)N(C)C(C)C)c2)cc1. The number of ether oxygens (including phenoxy) is 1. The van der Waals surface area contributed by atoms with Crippen molar-refractivity contribution in [3.8, 4) is 5.75 Å². The lowest BCUT2D eigenvalue weighted by molar-refractivity contribution is 0.0939. The van der Waals surface area contributed by atoms with Crippen LogP contribution in [0.2, 0.25) is 0 Å². The van der Waals surface area contributed by atoms with Gasteiger partial charge in [-0.1, -0.05) is 18.2 Å². The molecule has 0 spiro atoms. The van der Waals surface area contributed by atoms with Crippen molar-refractivity contribution in [2.45, 2.75) is 44.7 Å². The fourth-order valence-corrected chi connectivity index (χ4v) is 4.04. The number of carbonyl (C=O) groups excluding carboxylic acids is 1. The van der Waals surface area contributed by atoms with Crippen molar-refractivity contribution in [1.82, 2.24) is 9.62 Å². The molecule has 2 aromatic rings. The summed E-state index contributed by atoms with van der Waals surface area (Å²) in [6, 6.07) is 13.2. The first-order chi connectivity index (χ1) is 13.2. The lowest BCUT2D eigenvalue weighted by Gasteiger charge is -2.21. The van der Waals surface area contributed by atoms with Crippen LogP contribution in [-0.2, 0) is 10.0 Å². The number of benzene rings is 2. The first kappa shape index (κ1) is 21.9. The molecule has 0 unspecified atom stereocenters. The third-order valence-corrected chi connectivity index (χ3v) is 6.57. The number of rotatable bonds is 8.